The first-order valence-electron chi connectivity index (χ1n) is 4.46. The highest BCUT2D eigenvalue weighted by molar-refractivity contribution is 5.77. The molecule has 1 aliphatic heterocycles. The van der Waals surface area contributed by atoms with Crippen molar-refractivity contribution < 1.29 is 19.8 Å². The fraction of sp³-hybridized carbons (Fsp3) is 0.750. The van der Waals surface area contributed by atoms with Crippen LogP contribution in [-0.2, 0) is 9.59 Å². The molecule has 1 fully saturated rings. The number of carboxylic acids is 1. The van der Waals surface area contributed by atoms with Crippen LogP contribution in [0.4, 0.5) is 0 Å². The van der Waals surface area contributed by atoms with Crippen molar-refractivity contribution in [2.75, 3.05) is 39.3 Å². The summed E-state index contributed by atoms with van der Waals surface area (Å²) in [5, 5.41) is 17.1. The quantitative estimate of drug-likeness (QED) is 0.565. The van der Waals surface area contributed by atoms with Crippen LogP contribution in [0.3, 0.4) is 0 Å². The van der Waals surface area contributed by atoms with Gasteiger partial charge in [0.1, 0.15) is 6.61 Å². The number of nitrogens with zero attached hydrogens (tertiary/aromatic N) is 2. The lowest BCUT2D eigenvalue weighted by atomic mass is 10.3. The van der Waals surface area contributed by atoms with Gasteiger partial charge in [0.25, 0.3) is 0 Å². The molecule has 0 bridgehead atoms. The third-order valence-corrected chi connectivity index (χ3v) is 2.22. The SMILES string of the molecule is O=C(O)CN1CCN(C(=O)CO)CC1. The second-order valence-electron chi connectivity index (χ2n) is 3.21. The van der Waals surface area contributed by atoms with Crippen molar-refractivity contribution in [3.05, 3.63) is 0 Å². The number of aliphatic hydroxyl groups excluding tert-OH is 1. The van der Waals surface area contributed by atoms with Crippen LogP contribution in [0.5, 0.6) is 0 Å². The van der Waals surface area contributed by atoms with Gasteiger partial charge in [-0.05, 0) is 0 Å². The van der Waals surface area contributed by atoms with E-state index in [9.17, 15) is 9.59 Å². The molecule has 1 amide bonds. The molecule has 1 aliphatic rings. The average Bonchev–Trinajstić information content (AvgIpc) is 2.17. The number of carbonyl (C=O) groups excluding carboxylic acids is 1. The lowest BCUT2D eigenvalue weighted by molar-refractivity contribution is -0.140. The second-order valence-corrected chi connectivity index (χ2v) is 3.21. The zero-order valence-electron chi connectivity index (χ0n) is 7.85. The molecule has 0 atom stereocenters. The lowest BCUT2D eigenvalue weighted by Crippen LogP contribution is -2.50. The Kier molecular flexibility index (Phi) is 3.84. The van der Waals surface area contributed by atoms with Crippen molar-refractivity contribution in [1.82, 2.24) is 9.80 Å². The maximum atomic E-state index is 11.0. The smallest absolute Gasteiger partial charge is 0.317 e. The highest BCUT2D eigenvalue weighted by atomic mass is 16.4. The average molecular weight is 202 g/mol. The Hall–Kier alpha value is -1.14. The predicted molar refractivity (Wildman–Crippen MR) is 47.7 cm³/mol. The fourth-order valence-corrected chi connectivity index (χ4v) is 1.45. The molecule has 14 heavy (non-hydrogen) atoms. The Bertz CT molecular complexity index is 223. The number of rotatable bonds is 3. The van der Waals surface area contributed by atoms with Crippen molar-refractivity contribution in [3.63, 3.8) is 0 Å². The second kappa shape index (κ2) is 4.92. The van der Waals surface area contributed by atoms with Crippen LogP contribution in [0.25, 0.3) is 0 Å². The molecule has 2 N–H and O–H groups in total. The van der Waals surface area contributed by atoms with Crippen LogP contribution in [0.1, 0.15) is 0 Å². The van der Waals surface area contributed by atoms with Gasteiger partial charge < -0.3 is 15.1 Å². The minimum Gasteiger partial charge on any atom is -0.480 e. The highest BCUT2D eigenvalue weighted by Gasteiger charge is 2.21. The molecule has 1 saturated heterocycles. The van der Waals surface area contributed by atoms with E-state index in [-0.39, 0.29) is 12.5 Å². The fourth-order valence-electron chi connectivity index (χ4n) is 1.45. The van der Waals surface area contributed by atoms with Crippen molar-refractivity contribution in [3.8, 4) is 0 Å². The number of carbonyl (C=O) groups is 2. The van der Waals surface area contributed by atoms with E-state index in [1.807, 2.05) is 0 Å². The van der Waals surface area contributed by atoms with Crippen LogP contribution in [-0.4, -0.2) is 71.2 Å². The van der Waals surface area contributed by atoms with E-state index in [1.54, 1.807) is 9.80 Å². The van der Waals surface area contributed by atoms with Gasteiger partial charge in [0.05, 0.1) is 6.54 Å². The van der Waals surface area contributed by atoms with E-state index in [0.29, 0.717) is 26.2 Å². The number of carboxylic acid groups (broad SMARTS) is 1. The molecule has 0 aromatic carbocycles. The first-order chi connectivity index (χ1) is 6.63. The Morgan fingerprint density at radius 1 is 1.14 bits per heavy atom. The summed E-state index contributed by atoms with van der Waals surface area (Å²) in [5.41, 5.74) is 0. The van der Waals surface area contributed by atoms with Gasteiger partial charge in [-0.3, -0.25) is 14.5 Å². The zero-order chi connectivity index (χ0) is 10.6. The van der Waals surface area contributed by atoms with Gasteiger partial charge >= 0.3 is 5.97 Å². The molecule has 1 heterocycles. The normalized spacial score (nSPS) is 18.2. The minimum absolute atomic E-state index is 0.0150. The molecule has 0 aromatic heterocycles. The largest absolute Gasteiger partial charge is 0.480 e. The standard InChI is InChI=1S/C8H14N2O4/c11-6-7(12)10-3-1-9(2-4-10)5-8(13)14/h11H,1-6H2,(H,13,14). The van der Waals surface area contributed by atoms with Gasteiger partial charge in [0, 0.05) is 26.2 Å². The monoisotopic (exact) mass is 202 g/mol. The van der Waals surface area contributed by atoms with E-state index in [2.05, 4.69) is 0 Å². The molecule has 6 nitrogen and oxygen atoms in total. The maximum absolute atomic E-state index is 11.0. The molecule has 0 unspecified atom stereocenters. The zero-order valence-corrected chi connectivity index (χ0v) is 7.85. The third kappa shape index (κ3) is 2.97. The number of piperazine rings is 1. The molecule has 0 aliphatic carbocycles. The minimum atomic E-state index is -0.855. The first kappa shape index (κ1) is 10.9. The molecular formula is C8H14N2O4. The summed E-state index contributed by atoms with van der Waals surface area (Å²) in [6.07, 6.45) is 0. The summed E-state index contributed by atoms with van der Waals surface area (Å²) in [5.74, 6) is -1.15. The third-order valence-electron chi connectivity index (χ3n) is 2.22. The Morgan fingerprint density at radius 3 is 2.14 bits per heavy atom. The highest BCUT2D eigenvalue weighted by Crippen LogP contribution is 2.01. The Balaban J connectivity index is 2.31. The summed E-state index contributed by atoms with van der Waals surface area (Å²) in [7, 11) is 0. The number of aliphatic hydroxyl groups is 1. The number of aliphatic carboxylic acids is 1. The summed E-state index contributed by atoms with van der Waals surface area (Å²) < 4.78 is 0. The van der Waals surface area contributed by atoms with Gasteiger partial charge in [-0.2, -0.15) is 0 Å². The van der Waals surface area contributed by atoms with Gasteiger partial charge in [-0.25, -0.2) is 0 Å². The molecule has 1 rings (SSSR count). The number of amides is 1. The molecule has 0 spiro atoms. The molecule has 0 aromatic rings. The van der Waals surface area contributed by atoms with Gasteiger partial charge in [0.2, 0.25) is 5.91 Å². The Morgan fingerprint density at radius 2 is 1.71 bits per heavy atom. The predicted octanol–water partition coefficient (Wildman–Crippen LogP) is -1.79. The van der Waals surface area contributed by atoms with Crippen LogP contribution in [0.2, 0.25) is 0 Å². The van der Waals surface area contributed by atoms with Gasteiger partial charge in [-0.1, -0.05) is 0 Å². The summed E-state index contributed by atoms with van der Waals surface area (Å²) >= 11 is 0. The van der Waals surface area contributed by atoms with Gasteiger partial charge in [-0.15, -0.1) is 0 Å². The summed E-state index contributed by atoms with van der Waals surface area (Å²) in [6, 6.07) is 0. The van der Waals surface area contributed by atoms with Crippen molar-refractivity contribution in [2.24, 2.45) is 0 Å². The van der Waals surface area contributed by atoms with Gasteiger partial charge in [0.15, 0.2) is 0 Å². The van der Waals surface area contributed by atoms with Crippen molar-refractivity contribution in [1.29, 1.82) is 0 Å². The topological polar surface area (TPSA) is 81.1 Å². The Labute approximate surface area is 81.7 Å². The van der Waals surface area contributed by atoms with Crippen molar-refractivity contribution in [2.45, 2.75) is 0 Å². The van der Waals surface area contributed by atoms with E-state index < -0.39 is 12.6 Å². The van der Waals surface area contributed by atoms with Crippen LogP contribution in [0.15, 0.2) is 0 Å². The summed E-state index contributed by atoms with van der Waals surface area (Å²) in [4.78, 5) is 24.7. The summed E-state index contributed by atoms with van der Waals surface area (Å²) in [6.45, 7) is 1.63. The maximum Gasteiger partial charge on any atom is 0.317 e. The lowest BCUT2D eigenvalue weighted by Gasteiger charge is -2.33. The molecule has 0 radical (unpaired) electrons. The molecule has 80 valence electrons. The van der Waals surface area contributed by atoms with Crippen LogP contribution >= 0.6 is 0 Å². The van der Waals surface area contributed by atoms with E-state index >= 15 is 0 Å². The van der Waals surface area contributed by atoms with Crippen molar-refractivity contribution >= 4 is 11.9 Å². The van der Waals surface area contributed by atoms with Crippen LogP contribution in [0, 0.1) is 0 Å². The van der Waals surface area contributed by atoms with E-state index in [1.165, 1.54) is 0 Å². The van der Waals surface area contributed by atoms with E-state index in [0.717, 1.165) is 0 Å². The number of hydrogen-bond acceptors (Lipinski definition) is 4. The van der Waals surface area contributed by atoms with Crippen LogP contribution < -0.4 is 0 Å². The first-order valence-corrected chi connectivity index (χ1v) is 4.46. The number of hydrogen-bond donors (Lipinski definition) is 2. The molecular weight excluding hydrogens is 188 g/mol. The molecule has 6 heteroatoms. The molecule has 0 saturated carbocycles. The van der Waals surface area contributed by atoms with E-state index in [4.69, 9.17) is 10.2 Å².